The lowest BCUT2D eigenvalue weighted by atomic mass is 9.75. The van der Waals surface area contributed by atoms with Crippen LogP contribution >= 0.6 is 0 Å². The Bertz CT molecular complexity index is 628. The largest absolute Gasteiger partial charge is 0.388 e. The molecule has 0 fully saturated rings. The summed E-state index contributed by atoms with van der Waals surface area (Å²) in [5.74, 6) is 0. The lowest BCUT2D eigenvalue weighted by Crippen LogP contribution is -2.27. The lowest BCUT2D eigenvalue weighted by Gasteiger charge is -2.34. The molecule has 1 aliphatic rings. The number of pyridine rings is 1. The Balaban J connectivity index is 1.86. The van der Waals surface area contributed by atoms with Crippen molar-refractivity contribution in [1.29, 1.82) is 0 Å². The quantitative estimate of drug-likeness (QED) is 0.937. The molecule has 1 N–H and O–H groups in total. The predicted molar refractivity (Wildman–Crippen MR) is 84.2 cm³/mol. The fourth-order valence-electron chi connectivity index (χ4n) is 3.50. The molecule has 0 amide bonds. The first kappa shape index (κ1) is 14.3. The van der Waals surface area contributed by atoms with E-state index in [9.17, 15) is 5.11 Å². The van der Waals surface area contributed by atoms with Crippen molar-refractivity contribution in [2.45, 2.75) is 52.7 Å². The number of nitrogens with zero attached hydrogens (tertiary/aromatic N) is 2. The van der Waals surface area contributed by atoms with Gasteiger partial charge in [0.1, 0.15) is 0 Å². The molecule has 0 spiro atoms. The van der Waals surface area contributed by atoms with Gasteiger partial charge in [-0.05, 0) is 55.4 Å². The zero-order valence-corrected chi connectivity index (χ0v) is 13.1. The molecular formula is C18H24N2O. The number of aromatic nitrogens is 2. The van der Waals surface area contributed by atoms with E-state index >= 15 is 0 Å². The Hall–Kier alpha value is -1.61. The van der Waals surface area contributed by atoms with Crippen molar-refractivity contribution in [1.82, 2.24) is 9.55 Å². The fourth-order valence-corrected chi connectivity index (χ4v) is 3.50. The fraction of sp³-hybridized carbons (Fsp3) is 0.500. The van der Waals surface area contributed by atoms with Crippen LogP contribution in [-0.4, -0.2) is 14.7 Å². The predicted octanol–water partition coefficient (Wildman–Crippen LogP) is 3.44. The molecule has 2 heterocycles. The minimum atomic E-state index is -0.315. The Morgan fingerprint density at radius 2 is 2.05 bits per heavy atom. The maximum absolute atomic E-state index is 10.4. The number of fused-ring (bicyclic) bond motifs is 1. The number of aryl methyl sites for hydroxylation is 2. The zero-order valence-electron chi connectivity index (χ0n) is 13.1. The molecule has 1 aliphatic carbocycles. The Morgan fingerprint density at radius 3 is 2.76 bits per heavy atom. The van der Waals surface area contributed by atoms with Crippen molar-refractivity contribution in [3.63, 3.8) is 0 Å². The van der Waals surface area contributed by atoms with Crippen LogP contribution in [0.3, 0.4) is 0 Å². The Morgan fingerprint density at radius 1 is 1.33 bits per heavy atom. The normalized spacial score (nSPS) is 20.3. The van der Waals surface area contributed by atoms with Gasteiger partial charge in [-0.3, -0.25) is 4.98 Å². The molecule has 0 bridgehead atoms. The standard InChI is InChI=1S/C18H24N2O/c1-13-10-15-16(11-18(2,3)12-17(15)21)20(13)9-6-14-4-7-19-8-5-14/h4-5,7-8,10,17,21H,6,9,11-12H2,1-3H3. The van der Waals surface area contributed by atoms with E-state index in [0.717, 1.165) is 31.4 Å². The van der Waals surface area contributed by atoms with E-state index in [-0.39, 0.29) is 11.5 Å². The molecule has 3 rings (SSSR count). The smallest absolute Gasteiger partial charge is 0.0812 e. The van der Waals surface area contributed by atoms with E-state index in [0.29, 0.717) is 0 Å². The van der Waals surface area contributed by atoms with Gasteiger partial charge in [-0.15, -0.1) is 0 Å². The van der Waals surface area contributed by atoms with Gasteiger partial charge in [-0.2, -0.15) is 0 Å². The number of rotatable bonds is 3. The maximum atomic E-state index is 10.4. The third kappa shape index (κ3) is 2.88. The molecule has 3 heteroatoms. The maximum Gasteiger partial charge on any atom is 0.0812 e. The molecule has 2 aromatic heterocycles. The summed E-state index contributed by atoms with van der Waals surface area (Å²) in [6.07, 6.45) is 6.28. The van der Waals surface area contributed by atoms with Crippen molar-refractivity contribution >= 4 is 0 Å². The first-order valence-corrected chi connectivity index (χ1v) is 7.72. The van der Waals surface area contributed by atoms with Gasteiger partial charge in [-0.25, -0.2) is 0 Å². The third-order valence-electron chi connectivity index (χ3n) is 4.57. The highest BCUT2D eigenvalue weighted by Crippen LogP contribution is 2.41. The Labute approximate surface area is 126 Å². The van der Waals surface area contributed by atoms with Crippen LogP contribution in [0, 0.1) is 12.3 Å². The van der Waals surface area contributed by atoms with Gasteiger partial charge in [0.15, 0.2) is 0 Å². The summed E-state index contributed by atoms with van der Waals surface area (Å²) in [5.41, 5.74) is 5.20. The van der Waals surface area contributed by atoms with E-state index in [4.69, 9.17) is 0 Å². The summed E-state index contributed by atoms with van der Waals surface area (Å²) in [7, 11) is 0. The molecule has 0 saturated heterocycles. The van der Waals surface area contributed by atoms with Crippen LogP contribution < -0.4 is 0 Å². The van der Waals surface area contributed by atoms with Crippen molar-refractivity contribution in [3.8, 4) is 0 Å². The second-order valence-electron chi connectivity index (χ2n) is 7.01. The molecule has 1 atom stereocenters. The number of aliphatic hydroxyl groups excluding tert-OH is 1. The van der Waals surface area contributed by atoms with Gasteiger partial charge in [-0.1, -0.05) is 13.8 Å². The van der Waals surface area contributed by atoms with Crippen LogP contribution in [0.25, 0.3) is 0 Å². The van der Waals surface area contributed by atoms with Crippen LogP contribution in [-0.2, 0) is 19.4 Å². The van der Waals surface area contributed by atoms with E-state index in [1.165, 1.54) is 17.0 Å². The van der Waals surface area contributed by atoms with Gasteiger partial charge in [0.2, 0.25) is 0 Å². The molecule has 0 radical (unpaired) electrons. The summed E-state index contributed by atoms with van der Waals surface area (Å²) in [6.45, 7) is 7.60. The van der Waals surface area contributed by atoms with Crippen LogP contribution in [0.4, 0.5) is 0 Å². The average Bonchev–Trinajstić information content (AvgIpc) is 2.73. The van der Waals surface area contributed by atoms with Crippen LogP contribution in [0.5, 0.6) is 0 Å². The Kier molecular flexibility index (Phi) is 3.62. The average molecular weight is 284 g/mol. The van der Waals surface area contributed by atoms with Gasteiger partial charge < -0.3 is 9.67 Å². The topological polar surface area (TPSA) is 38.0 Å². The number of hydrogen-bond acceptors (Lipinski definition) is 2. The van der Waals surface area contributed by atoms with Crippen LogP contribution in [0.1, 0.15) is 48.9 Å². The summed E-state index contributed by atoms with van der Waals surface area (Å²) in [6, 6.07) is 6.32. The number of hydrogen-bond donors (Lipinski definition) is 1. The highest BCUT2D eigenvalue weighted by atomic mass is 16.3. The van der Waals surface area contributed by atoms with Crippen molar-refractivity contribution in [2.24, 2.45) is 5.41 Å². The van der Waals surface area contributed by atoms with Crippen LogP contribution in [0.2, 0.25) is 0 Å². The molecule has 0 aliphatic heterocycles. The molecule has 2 aromatic rings. The van der Waals surface area contributed by atoms with Crippen molar-refractivity contribution in [3.05, 3.63) is 53.1 Å². The molecule has 0 aromatic carbocycles. The molecule has 21 heavy (non-hydrogen) atoms. The first-order valence-electron chi connectivity index (χ1n) is 7.72. The van der Waals surface area contributed by atoms with Gasteiger partial charge in [0.05, 0.1) is 6.10 Å². The first-order chi connectivity index (χ1) is 9.96. The minimum Gasteiger partial charge on any atom is -0.388 e. The highest BCUT2D eigenvalue weighted by Gasteiger charge is 2.33. The summed E-state index contributed by atoms with van der Waals surface area (Å²) in [5, 5.41) is 10.4. The van der Waals surface area contributed by atoms with Crippen molar-refractivity contribution in [2.75, 3.05) is 0 Å². The molecule has 0 saturated carbocycles. The molecule has 3 nitrogen and oxygen atoms in total. The molecular weight excluding hydrogens is 260 g/mol. The van der Waals surface area contributed by atoms with Gasteiger partial charge in [0.25, 0.3) is 0 Å². The van der Waals surface area contributed by atoms with E-state index in [2.05, 4.69) is 48.5 Å². The summed E-state index contributed by atoms with van der Waals surface area (Å²) < 4.78 is 2.39. The summed E-state index contributed by atoms with van der Waals surface area (Å²) in [4.78, 5) is 4.07. The van der Waals surface area contributed by atoms with E-state index in [1.807, 2.05) is 12.4 Å². The van der Waals surface area contributed by atoms with Crippen LogP contribution in [0.15, 0.2) is 30.6 Å². The highest BCUT2D eigenvalue weighted by molar-refractivity contribution is 5.33. The second-order valence-corrected chi connectivity index (χ2v) is 7.01. The lowest BCUT2D eigenvalue weighted by molar-refractivity contribution is 0.0979. The minimum absolute atomic E-state index is 0.172. The van der Waals surface area contributed by atoms with Crippen molar-refractivity contribution < 1.29 is 5.11 Å². The number of aliphatic hydroxyl groups is 1. The zero-order chi connectivity index (χ0) is 15.0. The second kappa shape index (κ2) is 5.30. The SMILES string of the molecule is Cc1cc2c(n1CCc1ccncc1)CC(C)(C)CC2O. The van der Waals surface area contributed by atoms with E-state index < -0.39 is 0 Å². The summed E-state index contributed by atoms with van der Waals surface area (Å²) >= 11 is 0. The molecule has 112 valence electrons. The third-order valence-corrected chi connectivity index (χ3v) is 4.57. The molecule has 1 unspecified atom stereocenters. The van der Waals surface area contributed by atoms with E-state index in [1.54, 1.807) is 0 Å². The van der Waals surface area contributed by atoms with Gasteiger partial charge >= 0.3 is 0 Å². The monoisotopic (exact) mass is 284 g/mol. The van der Waals surface area contributed by atoms with Gasteiger partial charge in [0, 0.05) is 35.9 Å².